The average molecular weight is 301 g/mol. The Hall–Kier alpha value is -2.34. The molecule has 2 amide bonds. The van der Waals surface area contributed by atoms with Gasteiger partial charge < -0.3 is 19.7 Å². The number of aromatic nitrogens is 1. The number of aliphatic hydroxyl groups excluding tert-OH is 1. The van der Waals surface area contributed by atoms with Gasteiger partial charge in [-0.1, -0.05) is 24.3 Å². The first kappa shape index (κ1) is 14.6. The van der Waals surface area contributed by atoms with E-state index in [1.807, 2.05) is 31.2 Å². The normalized spacial score (nSPS) is 17.2. The van der Waals surface area contributed by atoms with Crippen molar-refractivity contribution >= 4 is 6.03 Å². The highest BCUT2D eigenvalue weighted by molar-refractivity contribution is 5.75. The van der Waals surface area contributed by atoms with E-state index in [4.69, 9.17) is 4.42 Å². The molecule has 1 aliphatic heterocycles. The number of urea groups is 1. The summed E-state index contributed by atoms with van der Waals surface area (Å²) >= 11 is 0. The first-order chi connectivity index (χ1) is 10.7. The van der Waals surface area contributed by atoms with Crippen LogP contribution < -0.4 is 5.32 Å². The fraction of sp³-hybridized carbons (Fsp3) is 0.375. The minimum Gasteiger partial charge on any atom is -0.448 e. The lowest BCUT2D eigenvalue weighted by Crippen LogP contribution is -2.46. The molecule has 3 rings (SSSR count). The predicted octanol–water partition coefficient (Wildman–Crippen LogP) is 1.78. The van der Waals surface area contributed by atoms with Crippen LogP contribution in [0.25, 0.3) is 0 Å². The van der Waals surface area contributed by atoms with Crippen LogP contribution in [-0.2, 0) is 13.0 Å². The molecule has 0 aliphatic carbocycles. The lowest BCUT2D eigenvalue weighted by molar-refractivity contribution is 0.126. The Morgan fingerprint density at radius 2 is 2.32 bits per heavy atom. The Kier molecular flexibility index (Phi) is 4.11. The van der Waals surface area contributed by atoms with Gasteiger partial charge in [-0.25, -0.2) is 9.78 Å². The highest BCUT2D eigenvalue weighted by Gasteiger charge is 2.30. The molecule has 6 nitrogen and oxygen atoms in total. The second-order valence-electron chi connectivity index (χ2n) is 5.35. The molecular weight excluding hydrogens is 282 g/mol. The summed E-state index contributed by atoms with van der Waals surface area (Å²) in [6.45, 7) is 2.62. The van der Waals surface area contributed by atoms with Gasteiger partial charge in [0.15, 0.2) is 6.39 Å². The Balaban J connectivity index is 1.71. The highest BCUT2D eigenvalue weighted by Crippen LogP contribution is 2.29. The highest BCUT2D eigenvalue weighted by atomic mass is 16.3. The van der Waals surface area contributed by atoms with Gasteiger partial charge in [0, 0.05) is 6.54 Å². The maximum Gasteiger partial charge on any atom is 0.318 e. The van der Waals surface area contributed by atoms with Crippen LogP contribution in [-0.4, -0.2) is 34.2 Å². The van der Waals surface area contributed by atoms with Crippen LogP contribution in [0.15, 0.2) is 35.1 Å². The third-order valence-corrected chi connectivity index (χ3v) is 4.10. The number of nitrogens with zero attached hydrogens (tertiary/aromatic N) is 2. The summed E-state index contributed by atoms with van der Waals surface area (Å²) in [7, 11) is 0. The summed E-state index contributed by atoms with van der Waals surface area (Å²) in [5.74, 6) is 0.697. The maximum atomic E-state index is 12.4. The molecular formula is C16H19N3O3. The molecule has 0 saturated heterocycles. The van der Waals surface area contributed by atoms with E-state index in [-0.39, 0.29) is 18.7 Å². The van der Waals surface area contributed by atoms with Gasteiger partial charge in [0.05, 0.1) is 19.2 Å². The zero-order valence-electron chi connectivity index (χ0n) is 12.5. The number of carbonyl (C=O) groups excluding carboxylic acids is 1. The van der Waals surface area contributed by atoms with Crippen molar-refractivity contribution in [3.8, 4) is 0 Å². The van der Waals surface area contributed by atoms with Crippen LogP contribution in [0.4, 0.5) is 4.79 Å². The second-order valence-corrected chi connectivity index (χ2v) is 5.35. The number of aliphatic hydroxyl groups is 1. The van der Waals surface area contributed by atoms with Gasteiger partial charge >= 0.3 is 6.03 Å². The molecule has 0 spiro atoms. The van der Waals surface area contributed by atoms with E-state index in [2.05, 4.69) is 10.3 Å². The number of amides is 2. The number of carbonyl (C=O) groups is 1. The zero-order valence-corrected chi connectivity index (χ0v) is 12.5. The Bertz CT molecular complexity index is 668. The van der Waals surface area contributed by atoms with Gasteiger partial charge in [0.1, 0.15) is 11.5 Å². The van der Waals surface area contributed by atoms with Crippen LogP contribution in [0.5, 0.6) is 0 Å². The van der Waals surface area contributed by atoms with Crippen molar-refractivity contribution < 1.29 is 14.3 Å². The van der Waals surface area contributed by atoms with Crippen molar-refractivity contribution in [2.24, 2.45) is 0 Å². The third kappa shape index (κ3) is 2.69. The molecule has 0 bridgehead atoms. The first-order valence-electron chi connectivity index (χ1n) is 7.32. The lowest BCUT2D eigenvalue weighted by atomic mass is 9.93. The van der Waals surface area contributed by atoms with Crippen molar-refractivity contribution in [3.63, 3.8) is 0 Å². The van der Waals surface area contributed by atoms with E-state index >= 15 is 0 Å². The third-order valence-electron chi connectivity index (χ3n) is 4.10. The molecule has 2 heterocycles. The molecule has 2 N–H and O–H groups in total. The summed E-state index contributed by atoms with van der Waals surface area (Å²) in [5, 5.41) is 12.5. The molecule has 116 valence electrons. The smallest absolute Gasteiger partial charge is 0.318 e. The zero-order chi connectivity index (χ0) is 15.5. The summed E-state index contributed by atoms with van der Waals surface area (Å²) in [5.41, 5.74) is 2.92. The fourth-order valence-corrected chi connectivity index (χ4v) is 2.85. The van der Waals surface area contributed by atoms with Crippen molar-refractivity contribution in [2.45, 2.75) is 25.9 Å². The number of oxazole rings is 1. The molecule has 0 radical (unpaired) electrons. The molecule has 22 heavy (non-hydrogen) atoms. The van der Waals surface area contributed by atoms with Crippen LogP contribution in [0.3, 0.4) is 0 Å². The van der Waals surface area contributed by atoms with E-state index in [0.717, 1.165) is 12.0 Å². The van der Waals surface area contributed by atoms with Crippen molar-refractivity contribution in [1.82, 2.24) is 15.2 Å². The minimum absolute atomic E-state index is 0.0899. The van der Waals surface area contributed by atoms with Crippen molar-refractivity contribution in [1.29, 1.82) is 0 Å². The first-order valence-corrected chi connectivity index (χ1v) is 7.32. The van der Waals surface area contributed by atoms with Gasteiger partial charge in [0.2, 0.25) is 0 Å². The predicted molar refractivity (Wildman–Crippen MR) is 80.2 cm³/mol. The maximum absolute atomic E-state index is 12.4. The number of nitrogens with one attached hydrogen (secondary N) is 1. The molecule has 0 saturated carbocycles. The van der Waals surface area contributed by atoms with Crippen molar-refractivity contribution in [3.05, 3.63) is 53.2 Å². The Morgan fingerprint density at radius 1 is 1.50 bits per heavy atom. The van der Waals surface area contributed by atoms with Gasteiger partial charge in [-0.2, -0.15) is 0 Å². The molecule has 6 heteroatoms. The monoisotopic (exact) mass is 301 g/mol. The molecule has 1 atom stereocenters. The van der Waals surface area contributed by atoms with E-state index in [1.165, 1.54) is 12.0 Å². The molecule has 2 aromatic rings. The van der Waals surface area contributed by atoms with Crippen LogP contribution in [0, 0.1) is 6.92 Å². The van der Waals surface area contributed by atoms with E-state index in [1.54, 1.807) is 4.90 Å². The number of rotatable bonds is 3. The van der Waals surface area contributed by atoms with Crippen molar-refractivity contribution in [2.75, 3.05) is 13.2 Å². The summed E-state index contributed by atoms with van der Waals surface area (Å²) in [4.78, 5) is 18.2. The standard InChI is InChI=1S/C16H19N3O3/c1-11-14(18-10-22-11)8-17-16(21)19-7-6-12-4-2-3-5-13(12)15(19)9-20/h2-5,10,15,20H,6-9H2,1H3,(H,17,21). The van der Waals surface area contributed by atoms with Gasteiger partial charge in [-0.15, -0.1) is 0 Å². The Morgan fingerprint density at radius 3 is 3.05 bits per heavy atom. The van der Waals surface area contributed by atoms with Gasteiger partial charge in [-0.3, -0.25) is 0 Å². The number of hydrogen-bond acceptors (Lipinski definition) is 4. The van der Waals surface area contributed by atoms with Gasteiger partial charge in [0.25, 0.3) is 0 Å². The average Bonchev–Trinajstić information content (AvgIpc) is 2.96. The number of fused-ring (bicyclic) bond motifs is 1. The van der Waals surface area contributed by atoms with Crippen LogP contribution in [0.2, 0.25) is 0 Å². The lowest BCUT2D eigenvalue weighted by Gasteiger charge is -2.36. The number of benzene rings is 1. The van der Waals surface area contributed by atoms with E-state index in [0.29, 0.717) is 24.5 Å². The molecule has 1 aromatic carbocycles. The number of aryl methyl sites for hydroxylation is 1. The fourth-order valence-electron chi connectivity index (χ4n) is 2.85. The summed E-state index contributed by atoms with van der Waals surface area (Å²) in [6.07, 6.45) is 2.16. The quantitative estimate of drug-likeness (QED) is 0.906. The minimum atomic E-state index is -0.302. The van der Waals surface area contributed by atoms with Crippen LogP contribution in [0.1, 0.15) is 28.6 Å². The molecule has 1 aliphatic rings. The molecule has 1 aromatic heterocycles. The summed E-state index contributed by atoms with van der Waals surface area (Å²) < 4.78 is 5.12. The largest absolute Gasteiger partial charge is 0.448 e. The second kappa shape index (κ2) is 6.19. The summed E-state index contributed by atoms with van der Waals surface area (Å²) in [6, 6.07) is 7.43. The van der Waals surface area contributed by atoms with Gasteiger partial charge in [-0.05, 0) is 24.5 Å². The molecule has 0 fully saturated rings. The Labute approximate surface area is 128 Å². The SMILES string of the molecule is Cc1ocnc1CNC(=O)N1CCc2ccccc2C1CO. The van der Waals surface area contributed by atoms with E-state index in [9.17, 15) is 9.90 Å². The molecule has 1 unspecified atom stereocenters. The van der Waals surface area contributed by atoms with Crippen LogP contribution >= 0.6 is 0 Å². The van der Waals surface area contributed by atoms with E-state index < -0.39 is 0 Å². The number of hydrogen-bond donors (Lipinski definition) is 2. The topological polar surface area (TPSA) is 78.6 Å².